The van der Waals surface area contributed by atoms with Crippen molar-refractivity contribution in [3.05, 3.63) is 64.2 Å². The van der Waals surface area contributed by atoms with Crippen molar-refractivity contribution in [2.24, 2.45) is 0 Å². The number of carbonyl (C=O) groups is 1. The molecule has 0 radical (unpaired) electrons. The number of hydrogen-bond acceptors (Lipinski definition) is 2. The first-order valence-electron chi connectivity index (χ1n) is 6.99. The highest BCUT2D eigenvalue weighted by Crippen LogP contribution is 2.22. The maximum Gasteiger partial charge on any atom is 0.255 e. The van der Waals surface area contributed by atoms with Crippen LogP contribution in [0, 0.1) is 0 Å². The minimum absolute atomic E-state index is 0.137. The van der Waals surface area contributed by atoms with E-state index in [1.54, 1.807) is 24.3 Å². The van der Waals surface area contributed by atoms with Crippen LogP contribution >= 0.6 is 11.6 Å². The fraction of sp³-hybridized carbons (Fsp3) is 0.235. The van der Waals surface area contributed by atoms with Gasteiger partial charge in [0.1, 0.15) is 0 Å². The summed E-state index contributed by atoms with van der Waals surface area (Å²) < 4.78 is 0. The van der Waals surface area contributed by atoms with E-state index in [0.717, 1.165) is 25.2 Å². The Kier molecular flexibility index (Phi) is 3.95. The van der Waals surface area contributed by atoms with Crippen molar-refractivity contribution in [3.8, 4) is 0 Å². The molecule has 1 aliphatic heterocycles. The zero-order valence-electron chi connectivity index (χ0n) is 11.9. The number of benzene rings is 2. The average Bonchev–Trinajstić information content (AvgIpc) is 2.46. The molecule has 0 fully saturated rings. The summed E-state index contributed by atoms with van der Waals surface area (Å²) in [6.45, 7) is 2.01. The number of hydrogen-bond donors (Lipinski definition) is 1. The molecule has 0 aliphatic carbocycles. The van der Waals surface area contributed by atoms with Gasteiger partial charge in [0, 0.05) is 29.4 Å². The molecule has 3 rings (SSSR count). The van der Waals surface area contributed by atoms with Crippen LogP contribution in [0.2, 0.25) is 5.02 Å². The molecule has 1 N–H and O–H groups in total. The highest BCUT2D eigenvalue weighted by molar-refractivity contribution is 6.31. The number of carbonyl (C=O) groups excluding carboxylic acids is 1. The van der Waals surface area contributed by atoms with E-state index in [-0.39, 0.29) is 5.91 Å². The maximum absolute atomic E-state index is 12.2. The standard InChI is InChI=1S/C17H17ClN2O/c1-20-8-7-12-5-6-16(10-14(12)11-20)19-17(21)13-3-2-4-15(18)9-13/h2-6,9-10H,7-8,11H2,1H3,(H,19,21). The van der Waals surface area contributed by atoms with Gasteiger partial charge < -0.3 is 10.2 Å². The first kappa shape index (κ1) is 14.1. The van der Waals surface area contributed by atoms with Crippen LogP contribution in [-0.2, 0) is 13.0 Å². The van der Waals surface area contributed by atoms with Gasteiger partial charge in [-0.2, -0.15) is 0 Å². The Hall–Kier alpha value is -1.84. The van der Waals surface area contributed by atoms with Gasteiger partial charge in [0.15, 0.2) is 0 Å². The number of fused-ring (bicyclic) bond motifs is 1. The maximum atomic E-state index is 12.2. The Morgan fingerprint density at radius 3 is 2.86 bits per heavy atom. The lowest BCUT2D eigenvalue weighted by molar-refractivity contribution is 0.102. The van der Waals surface area contributed by atoms with Crippen LogP contribution in [0.3, 0.4) is 0 Å². The third kappa shape index (κ3) is 3.26. The third-order valence-corrected chi connectivity index (χ3v) is 3.99. The molecule has 0 saturated heterocycles. The molecule has 4 heteroatoms. The van der Waals surface area contributed by atoms with Crippen molar-refractivity contribution < 1.29 is 4.79 Å². The minimum Gasteiger partial charge on any atom is -0.322 e. The molecule has 0 spiro atoms. The van der Waals surface area contributed by atoms with Gasteiger partial charge in [0.2, 0.25) is 0 Å². The number of amides is 1. The van der Waals surface area contributed by atoms with Crippen LogP contribution in [0.15, 0.2) is 42.5 Å². The normalized spacial score (nSPS) is 14.6. The first-order valence-corrected chi connectivity index (χ1v) is 7.37. The molecule has 0 bridgehead atoms. The smallest absolute Gasteiger partial charge is 0.255 e. The van der Waals surface area contributed by atoms with Crippen molar-refractivity contribution in [1.82, 2.24) is 4.90 Å². The Balaban J connectivity index is 1.79. The van der Waals surface area contributed by atoms with E-state index in [1.807, 2.05) is 6.07 Å². The van der Waals surface area contributed by atoms with Crippen molar-refractivity contribution in [1.29, 1.82) is 0 Å². The van der Waals surface area contributed by atoms with Crippen LogP contribution in [0.5, 0.6) is 0 Å². The molecule has 1 amide bonds. The summed E-state index contributed by atoms with van der Waals surface area (Å²) in [6.07, 6.45) is 1.06. The zero-order valence-corrected chi connectivity index (χ0v) is 12.7. The fourth-order valence-corrected chi connectivity index (χ4v) is 2.80. The van der Waals surface area contributed by atoms with Crippen LogP contribution in [-0.4, -0.2) is 24.4 Å². The minimum atomic E-state index is -0.137. The number of nitrogens with one attached hydrogen (secondary N) is 1. The monoisotopic (exact) mass is 300 g/mol. The predicted molar refractivity (Wildman–Crippen MR) is 85.9 cm³/mol. The highest BCUT2D eigenvalue weighted by atomic mass is 35.5. The molecule has 0 unspecified atom stereocenters. The van der Waals surface area contributed by atoms with E-state index < -0.39 is 0 Å². The Bertz CT molecular complexity index is 684. The largest absolute Gasteiger partial charge is 0.322 e. The number of likely N-dealkylation sites (N-methyl/N-ethyl adjacent to an activating group) is 1. The highest BCUT2D eigenvalue weighted by Gasteiger charge is 2.14. The van der Waals surface area contributed by atoms with Gasteiger partial charge in [0.25, 0.3) is 5.91 Å². The SMILES string of the molecule is CN1CCc2ccc(NC(=O)c3cccc(Cl)c3)cc2C1. The first-order chi connectivity index (χ1) is 10.1. The van der Waals surface area contributed by atoms with Crippen LogP contribution < -0.4 is 5.32 Å². The van der Waals surface area contributed by atoms with Crippen LogP contribution in [0.1, 0.15) is 21.5 Å². The summed E-state index contributed by atoms with van der Waals surface area (Å²) in [5, 5.41) is 3.50. The molecular weight excluding hydrogens is 284 g/mol. The predicted octanol–water partition coefficient (Wildman–Crippen LogP) is 3.58. The van der Waals surface area contributed by atoms with Gasteiger partial charge in [-0.25, -0.2) is 0 Å². The summed E-state index contributed by atoms with van der Waals surface area (Å²) in [7, 11) is 2.11. The van der Waals surface area contributed by atoms with Gasteiger partial charge in [-0.3, -0.25) is 4.79 Å². The molecular formula is C17H17ClN2O. The molecule has 1 heterocycles. The number of rotatable bonds is 2. The molecule has 0 aromatic heterocycles. The number of nitrogens with zero attached hydrogens (tertiary/aromatic N) is 1. The van der Waals surface area contributed by atoms with E-state index in [1.165, 1.54) is 11.1 Å². The lowest BCUT2D eigenvalue weighted by atomic mass is 9.99. The molecule has 0 atom stereocenters. The summed E-state index contributed by atoms with van der Waals surface area (Å²) in [5.74, 6) is -0.137. The Labute approximate surface area is 129 Å². The topological polar surface area (TPSA) is 32.3 Å². The second kappa shape index (κ2) is 5.88. The third-order valence-electron chi connectivity index (χ3n) is 3.75. The molecule has 108 valence electrons. The molecule has 1 aliphatic rings. The molecule has 21 heavy (non-hydrogen) atoms. The molecule has 3 nitrogen and oxygen atoms in total. The quantitative estimate of drug-likeness (QED) is 0.919. The molecule has 0 saturated carbocycles. The Morgan fingerprint density at radius 1 is 1.19 bits per heavy atom. The van der Waals surface area contributed by atoms with E-state index in [2.05, 4.69) is 29.4 Å². The van der Waals surface area contributed by atoms with Crippen LogP contribution in [0.4, 0.5) is 5.69 Å². The van der Waals surface area contributed by atoms with E-state index >= 15 is 0 Å². The number of halogens is 1. The second-order valence-corrected chi connectivity index (χ2v) is 5.87. The van der Waals surface area contributed by atoms with Gasteiger partial charge in [-0.05, 0) is 54.9 Å². The van der Waals surface area contributed by atoms with Crippen molar-refractivity contribution in [2.75, 3.05) is 18.9 Å². The fourth-order valence-electron chi connectivity index (χ4n) is 2.61. The lowest BCUT2D eigenvalue weighted by Gasteiger charge is -2.25. The lowest BCUT2D eigenvalue weighted by Crippen LogP contribution is -2.26. The zero-order chi connectivity index (χ0) is 14.8. The van der Waals surface area contributed by atoms with Crippen molar-refractivity contribution in [2.45, 2.75) is 13.0 Å². The molecule has 2 aromatic carbocycles. The van der Waals surface area contributed by atoms with Gasteiger partial charge in [-0.15, -0.1) is 0 Å². The summed E-state index contributed by atoms with van der Waals surface area (Å²) in [4.78, 5) is 14.5. The molecule has 2 aromatic rings. The summed E-state index contributed by atoms with van der Waals surface area (Å²) >= 11 is 5.92. The summed E-state index contributed by atoms with van der Waals surface area (Å²) in [6, 6.07) is 13.1. The van der Waals surface area contributed by atoms with E-state index in [9.17, 15) is 4.79 Å². The second-order valence-electron chi connectivity index (χ2n) is 5.44. The van der Waals surface area contributed by atoms with Gasteiger partial charge >= 0.3 is 0 Å². The summed E-state index contributed by atoms with van der Waals surface area (Å²) in [5.41, 5.74) is 4.05. The van der Waals surface area contributed by atoms with E-state index in [4.69, 9.17) is 11.6 Å². The Morgan fingerprint density at radius 2 is 2.05 bits per heavy atom. The van der Waals surface area contributed by atoms with Gasteiger partial charge in [-0.1, -0.05) is 23.7 Å². The number of anilines is 1. The van der Waals surface area contributed by atoms with Crippen LogP contribution in [0.25, 0.3) is 0 Å². The van der Waals surface area contributed by atoms with E-state index in [0.29, 0.717) is 10.6 Å². The van der Waals surface area contributed by atoms with Crippen molar-refractivity contribution >= 4 is 23.2 Å². The average molecular weight is 301 g/mol. The van der Waals surface area contributed by atoms with Gasteiger partial charge in [0.05, 0.1) is 0 Å². The van der Waals surface area contributed by atoms with Crippen molar-refractivity contribution in [3.63, 3.8) is 0 Å².